The lowest BCUT2D eigenvalue weighted by molar-refractivity contribution is 0.0927. The van der Waals surface area contributed by atoms with Gasteiger partial charge < -0.3 is 19.7 Å². The van der Waals surface area contributed by atoms with E-state index in [0.29, 0.717) is 17.1 Å². The molecule has 162 valence electrons. The number of nitrogens with one attached hydrogen (secondary N) is 2. The second-order valence-corrected chi connectivity index (χ2v) is 7.42. The number of aromatic amines is 1. The number of aromatic nitrogens is 2. The zero-order valence-electron chi connectivity index (χ0n) is 17.5. The van der Waals surface area contributed by atoms with E-state index in [2.05, 4.69) is 20.4 Å². The topological polar surface area (TPSA) is 79.5 Å². The van der Waals surface area contributed by atoms with Crippen molar-refractivity contribution in [1.29, 1.82) is 0 Å². The van der Waals surface area contributed by atoms with Crippen LogP contribution in [0.25, 0.3) is 11.3 Å². The van der Waals surface area contributed by atoms with Crippen molar-refractivity contribution in [2.45, 2.75) is 18.9 Å². The first-order valence-corrected chi connectivity index (χ1v) is 10.2. The van der Waals surface area contributed by atoms with Crippen LogP contribution in [0.5, 0.6) is 11.5 Å². The molecular formula is C23H25FN4O3. The van der Waals surface area contributed by atoms with Crippen molar-refractivity contribution in [1.82, 2.24) is 15.5 Å². The summed E-state index contributed by atoms with van der Waals surface area (Å²) >= 11 is 0. The number of carbonyl (C=O) groups is 1. The van der Waals surface area contributed by atoms with Gasteiger partial charge in [0.1, 0.15) is 5.82 Å². The van der Waals surface area contributed by atoms with Crippen LogP contribution in [0, 0.1) is 5.82 Å². The van der Waals surface area contributed by atoms with Crippen LogP contribution < -0.4 is 19.7 Å². The van der Waals surface area contributed by atoms with Gasteiger partial charge in [0.05, 0.1) is 25.5 Å². The van der Waals surface area contributed by atoms with Gasteiger partial charge in [-0.05, 0) is 54.8 Å². The van der Waals surface area contributed by atoms with Crippen LogP contribution in [0.3, 0.4) is 0 Å². The van der Waals surface area contributed by atoms with Gasteiger partial charge in [-0.25, -0.2) is 4.39 Å². The first kappa shape index (κ1) is 20.7. The molecule has 31 heavy (non-hydrogen) atoms. The molecule has 0 spiro atoms. The van der Waals surface area contributed by atoms with Crippen molar-refractivity contribution in [3.8, 4) is 22.8 Å². The minimum absolute atomic E-state index is 0.0650. The predicted octanol–water partition coefficient (Wildman–Crippen LogP) is 3.63. The molecule has 2 heterocycles. The van der Waals surface area contributed by atoms with Crippen molar-refractivity contribution in [2.75, 3.05) is 32.2 Å². The van der Waals surface area contributed by atoms with Crippen LogP contribution in [0.1, 0.15) is 23.2 Å². The number of para-hydroxylation sites is 1. The third-order valence-corrected chi connectivity index (χ3v) is 5.52. The van der Waals surface area contributed by atoms with Gasteiger partial charge in [-0.2, -0.15) is 5.10 Å². The summed E-state index contributed by atoms with van der Waals surface area (Å²) in [5.41, 5.74) is 2.19. The van der Waals surface area contributed by atoms with Gasteiger partial charge in [0.25, 0.3) is 5.91 Å². The van der Waals surface area contributed by atoms with Gasteiger partial charge >= 0.3 is 0 Å². The molecule has 0 saturated carbocycles. The minimum Gasteiger partial charge on any atom is -0.493 e. The van der Waals surface area contributed by atoms with E-state index < -0.39 is 0 Å². The third-order valence-electron chi connectivity index (χ3n) is 5.52. The minimum atomic E-state index is -0.265. The van der Waals surface area contributed by atoms with Gasteiger partial charge in [0.2, 0.25) is 0 Å². The molecule has 0 unspecified atom stereocenters. The van der Waals surface area contributed by atoms with Crippen molar-refractivity contribution in [3.63, 3.8) is 0 Å². The zero-order valence-corrected chi connectivity index (χ0v) is 17.5. The first-order chi connectivity index (χ1) is 15.1. The van der Waals surface area contributed by atoms with E-state index >= 15 is 0 Å². The SMILES string of the molecule is COc1cccc(C(=O)NC2CCN(c3cc(-c4ccc(F)cc4)[nH]n3)CC2)c1OC. The van der Waals surface area contributed by atoms with E-state index in [1.807, 2.05) is 6.07 Å². The van der Waals surface area contributed by atoms with Crippen LogP contribution in [-0.2, 0) is 0 Å². The van der Waals surface area contributed by atoms with E-state index in [1.165, 1.54) is 19.2 Å². The van der Waals surface area contributed by atoms with Gasteiger partial charge in [0.15, 0.2) is 17.3 Å². The summed E-state index contributed by atoms with van der Waals surface area (Å²) < 4.78 is 23.8. The maximum Gasteiger partial charge on any atom is 0.255 e. The Bertz CT molecular complexity index is 1040. The highest BCUT2D eigenvalue weighted by Crippen LogP contribution is 2.31. The van der Waals surface area contributed by atoms with E-state index in [-0.39, 0.29) is 17.8 Å². The zero-order chi connectivity index (χ0) is 21.8. The molecule has 2 aromatic carbocycles. The molecule has 1 fully saturated rings. The number of rotatable bonds is 6. The Morgan fingerprint density at radius 3 is 2.55 bits per heavy atom. The monoisotopic (exact) mass is 424 g/mol. The maximum absolute atomic E-state index is 13.1. The molecule has 1 aliphatic rings. The standard InChI is InChI=1S/C23H25FN4O3/c1-30-20-5-3-4-18(22(20)31-2)23(29)25-17-10-12-28(13-11-17)21-14-19(26-27-21)15-6-8-16(24)9-7-15/h3-9,14,17H,10-13H2,1-2H3,(H,25,29)(H,26,27). The molecule has 1 aromatic heterocycles. The molecule has 0 radical (unpaired) electrons. The Kier molecular flexibility index (Phi) is 6.06. The maximum atomic E-state index is 13.1. The number of hydrogen-bond acceptors (Lipinski definition) is 5. The molecule has 1 saturated heterocycles. The van der Waals surface area contributed by atoms with Crippen molar-refractivity contribution in [3.05, 3.63) is 59.9 Å². The molecule has 0 atom stereocenters. The highest BCUT2D eigenvalue weighted by Gasteiger charge is 2.24. The van der Waals surface area contributed by atoms with Gasteiger partial charge in [-0.3, -0.25) is 9.89 Å². The predicted molar refractivity (Wildman–Crippen MR) is 116 cm³/mol. The average molecular weight is 424 g/mol. The van der Waals surface area contributed by atoms with Crippen molar-refractivity contribution >= 4 is 11.7 Å². The molecule has 0 aliphatic carbocycles. The molecule has 0 bridgehead atoms. The lowest BCUT2D eigenvalue weighted by Gasteiger charge is -2.32. The largest absolute Gasteiger partial charge is 0.493 e. The van der Waals surface area contributed by atoms with E-state index in [0.717, 1.165) is 43.0 Å². The van der Waals surface area contributed by atoms with Crippen LogP contribution >= 0.6 is 0 Å². The Morgan fingerprint density at radius 1 is 1.13 bits per heavy atom. The molecule has 3 aromatic rings. The number of halogens is 1. The highest BCUT2D eigenvalue weighted by atomic mass is 19.1. The lowest BCUT2D eigenvalue weighted by atomic mass is 10.0. The van der Waals surface area contributed by atoms with Crippen LogP contribution in [0.2, 0.25) is 0 Å². The van der Waals surface area contributed by atoms with Crippen LogP contribution in [0.15, 0.2) is 48.5 Å². The number of carbonyl (C=O) groups excluding carboxylic acids is 1. The van der Waals surface area contributed by atoms with Crippen LogP contribution in [0.4, 0.5) is 10.2 Å². The molecule has 2 N–H and O–H groups in total. The number of hydrogen-bond donors (Lipinski definition) is 2. The molecular weight excluding hydrogens is 399 g/mol. The number of methoxy groups -OCH3 is 2. The number of nitrogens with zero attached hydrogens (tertiary/aromatic N) is 2. The Labute approximate surface area is 180 Å². The summed E-state index contributed by atoms with van der Waals surface area (Å²) in [5.74, 6) is 1.37. The molecule has 1 amide bonds. The number of H-pyrrole nitrogens is 1. The van der Waals surface area contributed by atoms with Crippen molar-refractivity contribution in [2.24, 2.45) is 0 Å². The number of benzene rings is 2. The normalized spacial score (nSPS) is 14.4. The van der Waals surface area contributed by atoms with E-state index in [9.17, 15) is 9.18 Å². The fraction of sp³-hybridized carbons (Fsp3) is 0.304. The summed E-state index contributed by atoms with van der Waals surface area (Å²) in [6.07, 6.45) is 1.60. The summed E-state index contributed by atoms with van der Waals surface area (Å²) in [7, 11) is 3.07. The Hall–Kier alpha value is -3.55. The fourth-order valence-corrected chi connectivity index (χ4v) is 3.83. The Morgan fingerprint density at radius 2 is 1.87 bits per heavy atom. The quantitative estimate of drug-likeness (QED) is 0.632. The number of anilines is 1. The summed E-state index contributed by atoms with van der Waals surface area (Å²) in [6.45, 7) is 1.54. The average Bonchev–Trinajstić information content (AvgIpc) is 3.29. The molecule has 4 rings (SSSR count). The third kappa shape index (κ3) is 4.47. The summed E-state index contributed by atoms with van der Waals surface area (Å²) in [5, 5.41) is 10.5. The van der Waals surface area contributed by atoms with E-state index in [1.54, 1.807) is 37.4 Å². The fourth-order valence-electron chi connectivity index (χ4n) is 3.83. The van der Waals surface area contributed by atoms with E-state index in [4.69, 9.17) is 9.47 Å². The smallest absolute Gasteiger partial charge is 0.255 e. The second-order valence-electron chi connectivity index (χ2n) is 7.42. The van der Waals surface area contributed by atoms with Crippen LogP contribution in [-0.4, -0.2) is 49.5 Å². The highest BCUT2D eigenvalue weighted by molar-refractivity contribution is 5.98. The summed E-state index contributed by atoms with van der Waals surface area (Å²) in [4.78, 5) is 15.0. The molecule has 8 heteroatoms. The lowest BCUT2D eigenvalue weighted by Crippen LogP contribution is -2.44. The molecule has 1 aliphatic heterocycles. The number of ether oxygens (including phenoxy) is 2. The van der Waals surface area contributed by atoms with Gasteiger partial charge in [-0.15, -0.1) is 0 Å². The second kappa shape index (κ2) is 9.07. The van der Waals surface area contributed by atoms with Gasteiger partial charge in [-0.1, -0.05) is 6.07 Å². The Balaban J connectivity index is 1.36. The van der Waals surface area contributed by atoms with Gasteiger partial charge in [0, 0.05) is 25.2 Å². The summed E-state index contributed by atoms with van der Waals surface area (Å²) in [6, 6.07) is 13.6. The number of amides is 1. The first-order valence-electron chi connectivity index (χ1n) is 10.2. The number of piperidine rings is 1. The van der Waals surface area contributed by atoms with Crippen molar-refractivity contribution < 1.29 is 18.7 Å². The molecule has 7 nitrogen and oxygen atoms in total.